The van der Waals surface area contributed by atoms with Crippen LogP contribution in [0.4, 0.5) is 0 Å². The number of aryl methyl sites for hydroxylation is 2. The van der Waals surface area contributed by atoms with Gasteiger partial charge < -0.3 is 4.74 Å². The summed E-state index contributed by atoms with van der Waals surface area (Å²) >= 11 is 0. The van der Waals surface area contributed by atoms with Crippen molar-refractivity contribution in [2.24, 2.45) is 0 Å². The Morgan fingerprint density at radius 3 is 2.56 bits per heavy atom. The van der Waals surface area contributed by atoms with Crippen molar-refractivity contribution in [2.75, 3.05) is 6.61 Å². The summed E-state index contributed by atoms with van der Waals surface area (Å²) in [5, 5.41) is 4.16. The quantitative estimate of drug-likeness (QED) is 0.499. The molecule has 1 aliphatic carbocycles. The minimum Gasteiger partial charge on any atom is -0.454 e. The van der Waals surface area contributed by atoms with Gasteiger partial charge in [0, 0.05) is 18.0 Å². The number of aromatic nitrogens is 2. The van der Waals surface area contributed by atoms with Gasteiger partial charge in [0.25, 0.3) is 0 Å². The first-order valence-electron chi connectivity index (χ1n) is 9.07. The molecule has 1 heterocycles. The minimum atomic E-state index is -0.491. The lowest BCUT2D eigenvalue weighted by atomic mass is 10.0. The second-order valence-corrected chi connectivity index (χ2v) is 6.74. The molecule has 0 saturated carbocycles. The van der Waals surface area contributed by atoms with Gasteiger partial charge in [-0.05, 0) is 60.2 Å². The first kappa shape index (κ1) is 17.2. The van der Waals surface area contributed by atoms with Crippen molar-refractivity contribution in [1.29, 1.82) is 0 Å². The molecule has 2 aromatic carbocycles. The largest absolute Gasteiger partial charge is 0.454 e. The van der Waals surface area contributed by atoms with E-state index >= 15 is 0 Å². The SMILES string of the molecule is O=C(COC(=O)c1ccc(Cn2cccn2)cc1)c1ccc2c(c1)CCC2. The number of esters is 1. The van der Waals surface area contributed by atoms with Gasteiger partial charge in [0.2, 0.25) is 0 Å². The monoisotopic (exact) mass is 360 g/mol. The topological polar surface area (TPSA) is 61.2 Å². The Labute approximate surface area is 157 Å². The molecule has 0 bridgehead atoms. The molecule has 4 rings (SSSR count). The normalized spacial score (nSPS) is 12.6. The number of carbonyl (C=O) groups excluding carboxylic acids is 2. The summed E-state index contributed by atoms with van der Waals surface area (Å²) in [6, 6.07) is 14.8. The maximum atomic E-state index is 12.3. The van der Waals surface area contributed by atoms with Gasteiger partial charge in [0.1, 0.15) is 0 Å². The highest BCUT2D eigenvalue weighted by atomic mass is 16.5. The number of nitrogens with zero attached hydrogens (tertiary/aromatic N) is 2. The van der Waals surface area contributed by atoms with Crippen LogP contribution in [-0.4, -0.2) is 28.1 Å². The van der Waals surface area contributed by atoms with Gasteiger partial charge in [-0.25, -0.2) is 4.79 Å². The molecule has 0 aliphatic heterocycles. The van der Waals surface area contributed by atoms with Crippen LogP contribution in [0.25, 0.3) is 0 Å². The second kappa shape index (κ2) is 7.58. The molecule has 5 heteroatoms. The summed E-state index contributed by atoms with van der Waals surface area (Å²) in [6.45, 7) is 0.395. The zero-order valence-corrected chi connectivity index (χ0v) is 14.9. The molecule has 0 unspecified atom stereocenters. The van der Waals surface area contributed by atoms with E-state index in [0.29, 0.717) is 17.7 Å². The summed E-state index contributed by atoms with van der Waals surface area (Å²) in [4.78, 5) is 24.5. The van der Waals surface area contributed by atoms with Crippen LogP contribution in [0.5, 0.6) is 0 Å². The van der Waals surface area contributed by atoms with Crippen LogP contribution in [-0.2, 0) is 24.1 Å². The molecule has 0 amide bonds. The molecular formula is C22H20N2O3. The molecule has 0 atom stereocenters. The Balaban J connectivity index is 1.34. The summed E-state index contributed by atoms with van der Waals surface area (Å²) in [5.41, 5.74) is 4.63. The highest BCUT2D eigenvalue weighted by molar-refractivity contribution is 5.99. The maximum Gasteiger partial charge on any atom is 0.338 e. The molecule has 0 saturated heterocycles. The van der Waals surface area contributed by atoms with Crippen molar-refractivity contribution in [2.45, 2.75) is 25.8 Å². The number of Topliss-reactive ketones (excluding diaryl/α,β-unsaturated/α-hetero) is 1. The number of ketones is 1. The van der Waals surface area contributed by atoms with Gasteiger partial charge in [-0.1, -0.05) is 24.3 Å². The molecule has 1 aromatic heterocycles. The van der Waals surface area contributed by atoms with Crippen LogP contribution in [0.3, 0.4) is 0 Å². The third kappa shape index (κ3) is 3.97. The van der Waals surface area contributed by atoms with Gasteiger partial charge >= 0.3 is 5.97 Å². The molecule has 3 aromatic rings. The molecule has 0 fully saturated rings. The molecule has 0 radical (unpaired) electrons. The van der Waals surface area contributed by atoms with E-state index in [1.807, 2.05) is 47.3 Å². The highest BCUT2D eigenvalue weighted by Gasteiger charge is 2.16. The molecule has 0 spiro atoms. The van der Waals surface area contributed by atoms with Gasteiger partial charge in [-0.3, -0.25) is 9.48 Å². The van der Waals surface area contributed by atoms with Gasteiger partial charge in [0.05, 0.1) is 12.1 Å². The Kier molecular flexibility index (Phi) is 4.83. The Morgan fingerprint density at radius 2 is 1.78 bits per heavy atom. The molecular weight excluding hydrogens is 340 g/mol. The van der Waals surface area contributed by atoms with Crippen LogP contribution < -0.4 is 0 Å². The fourth-order valence-corrected chi connectivity index (χ4v) is 3.37. The lowest BCUT2D eigenvalue weighted by molar-refractivity contribution is 0.0474. The van der Waals surface area contributed by atoms with Gasteiger partial charge in [0.15, 0.2) is 12.4 Å². The standard InChI is InChI=1S/C22H20N2O3/c25-21(20-10-9-17-3-1-4-19(17)13-20)15-27-22(26)18-7-5-16(6-8-18)14-24-12-2-11-23-24/h2,5-13H,1,3-4,14-15H2. The number of hydrogen-bond donors (Lipinski definition) is 0. The first-order valence-corrected chi connectivity index (χ1v) is 9.07. The number of carbonyl (C=O) groups is 2. The van der Waals surface area contributed by atoms with E-state index in [2.05, 4.69) is 5.10 Å². The van der Waals surface area contributed by atoms with Crippen LogP contribution in [0.2, 0.25) is 0 Å². The predicted molar refractivity (Wildman–Crippen MR) is 101 cm³/mol. The van der Waals surface area contributed by atoms with Crippen molar-refractivity contribution in [3.05, 3.63) is 88.7 Å². The van der Waals surface area contributed by atoms with Crippen molar-refractivity contribution in [3.63, 3.8) is 0 Å². The van der Waals surface area contributed by atoms with Crippen LogP contribution >= 0.6 is 0 Å². The van der Waals surface area contributed by atoms with Crippen LogP contribution in [0.15, 0.2) is 60.9 Å². The number of fused-ring (bicyclic) bond motifs is 1. The average Bonchev–Trinajstić information content (AvgIpc) is 3.37. The average molecular weight is 360 g/mol. The fraction of sp³-hybridized carbons (Fsp3) is 0.227. The van der Waals surface area contributed by atoms with E-state index in [1.165, 1.54) is 11.1 Å². The summed E-state index contributed by atoms with van der Waals surface area (Å²) in [6.07, 6.45) is 6.84. The summed E-state index contributed by atoms with van der Waals surface area (Å²) in [7, 11) is 0. The van der Waals surface area contributed by atoms with E-state index in [-0.39, 0.29) is 12.4 Å². The molecule has 27 heavy (non-hydrogen) atoms. The summed E-state index contributed by atoms with van der Waals surface area (Å²) in [5.74, 6) is -0.663. The third-order valence-corrected chi connectivity index (χ3v) is 4.85. The lowest BCUT2D eigenvalue weighted by Crippen LogP contribution is -2.14. The molecule has 5 nitrogen and oxygen atoms in total. The Bertz CT molecular complexity index is 960. The van der Waals surface area contributed by atoms with Crippen LogP contribution in [0, 0.1) is 0 Å². The molecule has 1 aliphatic rings. The van der Waals surface area contributed by atoms with Crippen molar-refractivity contribution in [3.8, 4) is 0 Å². The predicted octanol–water partition coefficient (Wildman–Crippen LogP) is 3.46. The second-order valence-electron chi connectivity index (χ2n) is 6.74. The zero-order chi connectivity index (χ0) is 18.6. The highest BCUT2D eigenvalue weighted by Crippen LogP contribution is 2.23. The van der Waals surface area contributed by atoms with E-state index in [9.17, 15) is 9.59 Å². The zero-order valence-electron chi connectivity index (χ0n) is 14.9. The number of hydrogen-bond acceptors (Lipinski definition) is 4. The number of ether oxygens (including phenoxy) is 1. The van der Waals surface area contributed by atoms with E-state index in [0.717, 1.165) is 24.8 Å². The smallest absolute Gasteiger partial charge is 0.338 e. The lowest BCUT2D eigenvalue weighted by Gasteiger charge is -2.07. The van der Waals surface area contributed by atoms with E-state index in [4.69, 9.17) is 4.74 Å². The van der Waals surface area contributed by atoms with Crippen molar-refractivity contribution < 1.29 is 14.3 Å². The van der Waals surface area contributed by atoms with Gasteiger partial charge in [-0.2, -0.15) is 5.10 Å². The van der Waals surface area contributed by atoms with E-state index < -0.39 is 5.97 Å². The van der Waals surface area contributed by atoms with Crippen molar-refractivity contribution >= 4 is 11.8 Å². The number of benzene rings is 2. The molecule has 0 N–H and O–H groups in total. The first-order chi connectivity index (χ1) is 13.2. The minimum absolute atomic E-state index is 0.173. The summed E-state index contributed by atoms with van der Waals surface area (Å²) < 4.78 is 7.01. The van der Waals surface area contributed by atoms with Crippen molar-refractivity contribution in [1.82, 2.24) is 9.78 Å². The maximum absolute atomic E-state index is 12.3. The Morgan fingerprint density at radius 1 is 1.00 bits per heavy atom. The Hall–Kier alpha value is -3.21. The fourth-order valence-electron chi connectivity index (χ4n) is 3.37. The third-order valence-electron chi connectivity index (χ3n) is 4.85. The van der Waals surface area contributed by atoms with Crippen LogP contribution in [0.1, 0.15) is 43.8 Å². The number of rotatable bonds is 6. The van der Waals surface area contributed by atoms with E-state index in [1.54, 1.807) is 18.3 Å². The molecule has 136 valence electrons. The van der Waals surface area contributed by atoms with Gasteiger partial charge in [-0.15, -0.1) is 0 Å².